The van der Waals surface area contributed by atoms with Crippen LogP contribution in [0.2, 0.25) is 5.02 Å². The molecule has 2 aromatic rings. The minimum Gasteiger partial charge on any atom is -0.459 e. The lowest BCUT2D eigenvalue weighted by Crippen LogP contribution is -2.40. The number of hydrogen-bond donors (Lipinski definition) is 3. The van der Waals surface area contributed by atoms with Crippen LogP contribution in [0.4, 0.5) is 11.4 Å². The van der Waals surface area contributed by atoms with Crippen molar-refractivity contribution < 1.29 is 14.0 Å². The Morgan fingerprint density at radius 1 is 1.23 bits per heavy atom. The molecule has 0 radical (unpaired) electrons. The van der Waals surface area contributed by atoms with Crippen LogP contribution >= 0.6 is 24.0 Å². The van der Waals surface area contributed by atoms with Crippen LogP contribution in [0, 0.1) is 5.92 Å². The van der Waals surface area contributed by atoms with Gasteiger partial charge in [-0.25, -0.2) is 0 Å². The van der Waals surface area contributed by atoms with E-state index in [1.54, 1.807) is 30.3 Å². The largest absolute Gasteiger partial charge is 0.459 e. The molecule has 1 aromatic heterocycles. The molecule has 3 rings (SSSR count). The minimum atomic E-state index is -0.404. The number of rotatable bonds is 4. The quantitative estimate of drug-likeness (QED) is 0.729. The van der Waals surface area contributed by atoms with Crippen molar-refractivity contribution in [2.75, 3.05) is 17.2 Å². The SMILES string of the molecule is C[C@H]1C[C@@H](C(=O)Nc2ccc(Cl)cc2NC(=O)c2ccco2)CCN1.Cl. The van der Waals surface area contributed by atoms with E-state index in [9.17, 15) is 9.59 Å². The van der Waals surface area contributed by atoms with Crippen LogP contribution in [-0.2, 0) is 4.79 Å². The number of carbonyl (C=O) groups is 2. The highest BCUT2D eigenvalue weighted by Gasteiger charge is 2.25. The van der Waals surface area contributed by atoms with Gasteiger partial charge in [-0.05, 0) is 56.6 Å². The molecule has 0 aliphatic carbocycles. The van der Waals surface area contributed by atoms with Crippen molar-refractivity contribution in [3.8, 4) is 0 Å². The molecule has 2 amide bonds. The van der Waals surface area contributed by atoms with Crippen LogP contribution < -0.4 is 16.0 Å². The minimum absolute atomic E-state index is 0. The highest BCUT2D eigenvalue weighted by Crippen LogP contribution is 2.28. The standard InChI is InChI=1S/C18H20ClN3O3.ClH/c1-11-9-12(6-7-20-11)17(23)21-14-5-4-13(19)10-15(14)22-18(24)16-3-2-8-25-16;/h2-5,8,10-12,20H,6-7,9H2,1H3,(H,21,23)(H,22,24);1H/t11-,12-;/m0./s1. The summed E-state index contributed by atoms with van der Waals surface area (Å²) in [6.07, 6.45) is 3.00. The third kappa shape index (κ3) is 5.00. The molecule has 2 atom stereocenters. The van der Waals surface area contributed by atoms with Crippen LogP contribution in [0.1, 0.15) is 30.3 Å². The summed E-state index contributed by atoms with van der Waals surface area (Å²) in [7, 11) is 0. The zero-order valence-corrected chi connectivity index (χ0v) is 15.8. The third-order valence-corrected chi connectivity index (χ3v) is 4.46. The average Bonchev–Trinajstić information content (AvgIpc) is 3.12. The summed E-state index contributed by atoms with van der Waals surface area (Å²) in [5, 5.41) is 9.42. The van der Waals surface area contributed by atoms with Gasteiger partial charge in [0.2, 0.25) is 5.91 Å². The van der Waals surface area contributed by atoms with E-state index in [1.165, 1.54) is 6.26 Å². The molecule has 1 aromatic carbocycles. The van der Waals surface area contributed by atoms with E-state index >= 15 is 0 Å². The Balaban J connectivity index is 0.00000243. The number of halogens is 2. The van der Waals surface area contributed by atoms with E-state index in [-0.39, 0.29) is 30.0 Å². The molecule has 1 aliphatic rings. The van der Waals surface area contributed by atoms with Crippen molar-refractivity contribution in [2.45, 2.75) is 25.8 Å². The number of carbonyl (C=O) groups excluding carboxylic acids is 2. The van der Waals surface area contributed by atoms with E-state index in [2.05, 4.69) is 22.9 Å². The first kappa shape index (κ1) is 20.3. The molecule has 0 spiro atoms. The van der Waals surface area contributed by atoms with Crippen molar-refractivity contribution in [2.24, 2.45) is 5.92 Å². The molecular formula is C18H21Cl2N3O3. The summed E-state index contributed by atoms with van der Waals surface area (Å²) in [6, 6.07) is 8.46. The summed E-state index contributed by atoms with van der Waals surface area (Å²) in [5.74, 6) is -0.326. The number of benzene rings is 1. The lowest BCUT2D eigenvalue weighted by Gasteiger charge is -2.27. The second-order valence-corrected chi connectivity index (χ2v) is 6.62. The van der Waals surface area contributed by atoms with Gasteiger partial charge < -0.3 is 20.4 Å². The molecule has 0 saturated carbocycles. The predicted octanol–water partition coefficient (Wildman–Crippen LogP) is 3.93. The summed E-state index contributed by atoms with van der Waals surface area (Å²) in [6.45, 7) is 2.89. The van der Waals surface area contributed by atoms with Crippen molar-refractivity contribution in [1.29, 1.82) is 0 Å². The molecule has 0 bridgehead atoms. The second-order valence-electron chi connectivity index (χ2n) is 6.19. The molecule has 26 heavy (non-hydrogen) atoms. The van der Waals surface area contributed by atoms with Gasteiger partial charge in [-0.2, -0.15) is 0 Å². The number of nitrogens with one attached hydrogen (secondary N) is 3. The number of hydrogen-bond acceptors (Lipinski definition) is 4. The van der Waals surface area contributed by atoms with E-state index < -0.39 is 5.91 Å². The Kier molecular flexibility index (Phi) is 7.08. The summed E-state index contributed by atoms with van der Waals surface area (Å²) >= 11 is 6.03. The molecule has 1 aliphatic heterocycles. The van der Waals surface area contributed by atoms with Crippen molar-refractivity contribution >= 4 is 47.2 Å². The van der Waals surface area contributed by atoms with E-state index in [0.717, 1.165) is 19.4 Å². The predicted molar refractivity (Wildman–Crippen MR) is 104 cm³/mol. The second kappa shape index (κ2) is 9.07. The van der Waals surface area contributed by atoms with E-state index in [4.69, 9.17) is 16.0 Å². The van der Waals surface area contributed by atoms with Crippen LogP contribution in [0.25, 0.3) is 0 Å². The first-order chi connectivity index (χ1) is 12.0. The number of furan rings is 1. The molecule has 140 valence electrons. The van der Waals surface area contributed by atoms with Crippen LogP contribution in [-0.4, -0.2) is 24.4 Å². The summed E-state index contributed by atoms with van der Waals surface area (Å²) in [5.41, 5.74) is 0.949. The van der Waals surface area contributed by atoms with Crippen molar-refractivity contribution in [3.63, 3.8) is 0 Å². The fourth-order valence-electron chi connectivity index (χ4n) is 2.93. The molecule has 8 heteroatoms. The van der Waals surface area contributed by atoms with Gasteiger partial charge in [0.15, 0.2) is 5.76 Å². The Morgan fingerprint density at radius 2 is 2.04 bits per heavy atom. The van der Waals surface area contributed by atoms with Gasteiger partial charge >= 0.3 is 0 Å². The normalized spacial score (nSPS) is 19.3. The first-order valence-electron chi connectivity index (χ1n) is 8.21. The zero-order valence-electron chi connectivity index (χ0n) is 14.3. The van der Waals surface area contributed by atoms with E-state index in [0.29, 0.717) is 22.4 Å². The highest BCUT2D eigenvalue weighted by atomic mass is 35.5. The maximum Gasteiger partial charge on any atom is 0.291 e. The number of piperidine rings is 1. The van der Waals surface area contributed by atoms with Gasteiger partial charge in [0.25, 0.3) is 5.91 Å². The average molecular weight is 398 g/mol. The van der Waals surface area contributed by atoms with Crippen LogP contribution in [0.15, 0.2) is 41.0 Å². The monoisotopic (exact) mass is 397 g/mol. The van der Waals surface area contributed by atoms with Gasteiger partial charge in [-0.1, -0.05) is 11.6 Å². The Bertz CT molecular complexity index is 765. The molecule has 0 unspecified atom stereocenters. The summed E-state index contributed by atoms with van der Waals surface area (Å²) < 4.78 is 5.09. The van der Waals surface area contributed by atoms with Crippen molar-refractivity contribution in [3.05, 3.63) is 47.4 Å². The van der Waals surface area contributed by atoms with Crippen LogP contribution in [0.3, 0.4) is 0 Å². The molecule has 1 fully saturated rings. The van der Waals surface area contributed by atoms with Crippen molar-refractivity contribution in [1.82, 2.24) is 5.32 Å². The molecule has 3 N–H and O–H groups in total. The number of amides is 2. The third-order valence-electron chi connectivity index (χ3n) is 4.23. The number of anilines is 2. The highest BCUT2D eigenvalue weighted by molar-refractivity contribution is 6.31. The Hall–Kier alpha value is -2.02. The van der Waals surface area contributed by atoms with Gasteiger partial charge in [-0.3, -0.25) is 9.59 Å². The smallest absolute Gasteiger partial charge is 0.291 e. The zero-order chi connectivity index (χ0) is 17.8. The maximum absolute atomic E-state index is 12.6. The van der Waals surface area contributed by atoms with E-state index in [1.807, 2.05) is 0 Å². The van der Waals surface area contributed by atoms with Gasteiger partial charge in [0.05, 0.1) is 17.6 Å². The van der Waals surface area contributed by atoms with Gasteiger partial charge in [0.1, 0.15) is 0 Å². The topological polar surface area (TPSA) is 83.4 Å². The molecular weight excluding hydrogens is 377 g/mol. The fourth-order valence-corrected chi connectivity index (χ4v) is 3.10. The van der Waals surface area contributed by atoms with Gasteiger partial charge in [0, 0.05) is 17.0 Å². The fraction of sp³-hybridized carbons (Fsp3) is 0.333. The maximum atomic E-state index is 12.6. The molecule has 2 heterocycles. The summed E-state index contributed by atoms with van der Waals surface area (Å²) in [4.78, 5) is 24.8. The lowest BCUT2D eigenvalue weighted by atomic mass is 9.92. The van der Waals surface area contributed by atoms with Gasteiger partial charge in [-0.15, -0.1) is 12.4 Å². The molecule has 6 nitrogen and oxygen atoms in total. The molecule has 1 saturated heterocycles. The van der Waals surface area contributed by atoms with Crippen LogP contribution in [0.5, 0.6) is 0 Å². The first-order valence-corrected chi connectivity index (χ1v) is 8.59. The Morgan fingerprint density at radius 3 is 2.73 bits per heavy atom. The Labute approximate surface area is 163 Å². The lowest BCUT2D eigenvalue weighted by molar-refractivity contribution is -0.120.